The summed E-state index contributed by atoms with van der Waals surface area (Å²) in [4.78, 5) is 8.64. The third kappa shape index (κ3) is 2.59. The minimum absolute atomic E-state index is 0.279. The molecule has 0 N–H and O–H groups in total. The van der Waals surface area contributed by atoms with Crippen LogP contribution < -0.4 is 0 Å². The Labute approximate surface area is 114 Å². The zero-order valence-electron chi connectivity index (χ0n) is 10.1. The smallest absolute Gasteiger partial charge is 0.136 e. The number of halogens is 3. The van der Waals surface area contributed by atoms with Crippen LogP contribution >= 0.6 is 11.6 Å². The number of hydrogen-bond donors (Lipinski definition) is 0. The molecule has 19 heavy (non-hydrogen) atoms. The van der Waals surface area contributed by atoms with E-state index in [1.807, 2.05) is 0 Å². The Morgan fingerprint density at radius 1 is 1.05 bits per heavy atom. The Balaban J connectivity index is 1.93. The summed E-state index contributed by atoms with van der Waals surface area (Å²) in [5.74, 6) is -0.680. The highest BCUT2D eigenvalue weighted by Crippen LogP contribution is 2.26. The molecule has 0 radical (unpaired) electrons. The van der Waals surface area contributed by atoms with E-state index in [2.05, 4.69) is 9.97 Å². The van der Waals surface area contributed by atoms with E-state index in [4.69, 9.17) is 11.6 Å². The van der Waals surface area contributed by atoms with Crippen molar-refractivity contribution >= 4 is 11.6 Å². The van der Waals surface area contributed by atoms with Gasteiger partial charge >= 0.3 is 0 Å². The van der Waals surface area contributed by atoms with E-state index >= 15 is 0 Å². The first-order valence-electron chi connectivity index (χ1n) is 6.11. The lowest BCUT2D eigenvalue weighted by Gasteiger charge is -2.06. The Morgan fingerprint density at radius 3 is 2.53 bits per heavy atom. The molecule has 1 heterocycles. The summed E-state index contributed by atoms with van der Waals surface area (Å²) in [5.41, 5.74) is 2.48. The zero-order chi connectivity index (χ0) is 13.4. The Morgan fingerprint density at radius 2 is 1.79 bits per heavy atom. The standard InChI is InChI=1S/C14H11ClF2N2/c15-14-11-2-1-3-12(11)18-13(19-14)6-8-4-9(16)7-10(17)5-8/h4-5,7H,1-3,6H2. The molecule has 0 amide bonds. The molecule has 1 aromatic heterocycles. The first-order chi connectivity index (χ1) is 9.11. The molecule has 1 aliphatic rings. The van der Waals surface area contributed by atoms with Crippen molar-refractivity contribution in [3.63, 3.8) is 0 Å². The summed E-state index contributed by atoms with van der Waals surface area (Å²) < 4.78 is 26.2. The van der Waals surface area contributed by atoms with Crippen molar-refractivity contribution in [2.75, 3.05) is 0 Å². The number of rotatable bonds is 2. The fraction of sp³-hybridized carbons (Fsp3) is 0.286. The van der Waals surface area contributed by atoms with Gasteiger partial charge in [0.2, 0.25) is 0 Å². The maximum Gasteiger partial charge on any atom is 0.136 e. The first kappa shape index (κ1) is 12.5. The Hall–Kier alpha value is -1.55. The fourth-order valence-electron chi connectivity index (χ4n) is 2.41. The van der Waals surface area contributed by atoms with Gasteiger partial charge in [-0.1, -0.05) is 11.6 Å². The molecule has 0 saturated heterocycles. The molecular formula is C14H11ClF2N2. The average Bonchev–Trinajstić information content (AvgIpc) is 2.75. The van der Waals surface area contributed by atoms with E-state index in [1.54, 1.807) is 0 Å². The minimum atomic E-state index is -0.595. The van der Waals surface area contributed by atoms with Crippen LogP contribution in [0.4, 0.5) is 8.78 Å². The van der Waals surface area contributed by atoms with Gasteiger partial charge in [0.25, 0.3) is 0 Å². The van der Waals surface area contributed by atoms with Crippen LogP contribution in [0.2, 0.25) is 5.15 Å². The minimum Gasteiger partial charge on any atom is -0.237 e. The predicted octanol–water partition coefficient (Wildman–Crippen LogP) is 3.49. The van der Waals surface area contributed by atoms with Gasteiger partial charge in [0.05, 0.1) is 0 Å². The summed E-state index contributed by atoms with van der Waals surface area (Å²) in [6.45, 7) is 0. The van der Waals surface area contributed by atoms with Gasteiger partial charge in [0.1, 0.15) is 22.6 Å². The van der Waals surface area contributed by atoms with E-state index in [9.17, 15) is 8.78 Å². The van der Waals surface area contributed by atoms with Crippen molar-refractivity contribution < 1.29 is 8.78 Å². The molecule has 3 rings (SSSR count). The molecule has 5 heteroatoms. The number of aryl methyl sites for hydroxylation is 1. The van der Waals surface area contributed by atoms with Gasteiger partial charge in [0.15, 0.2) is 0 Å². The molecule has 98 valence electrons. The molecule has 2 aromatic rings. The predicted molar refractivity (Wildman–Crippen MR) is 68.2 cm³/mol. The monoisotopic (exact) mass is 280 g/mol. The van der Waals surface area contributed by atoms with Crippen molar-refractivity contribution in [2.45, 2.75) is 25.7 Å². The fourth-order valence-corrected chi connectivity index (χ4v) is 2.71. The second kappa shape index (κ2) is 4.85. The second-order valence-electron chi connectivity index (χ2n) is 4.66. The summed E-state index contributed by atoms with van der Waals surface area (Å²) in [5, 5.41) is 0.467. The van der Waals surface area contributed by atoms with Gasteiger partial charge in [-0.05, 0) is 37.0 Å². The largest absolute Gasteiger partial charge is 0.237 e. The van der Waals surface area contributed by atoms with Crippen LogP contribution in [0.15, 0.2) is 18.2 Å². The Kier molecular flexibility index (Phi) is 3.19. The van der Waals surface area contributed by atoms with Crippen LogP contribution in [0.3, 0.4) is 0 Å². The zero-order valence-corrected chi connectivity index (χ0v) is 10.8. The van der Waals surface area contributed by atoms with E-state index in [0.717, 1.165) is 36.6 Å². The van der Waals surface area contributed by atoms with E-state index < -0.39 is 11.6 Å². The van der Waals surface area contributed by atoms with Crippen molar-refractivity contribution in [2.24, 2.45) is 0 Å². The van der Waals surface area contributed by atoms with Crippen molar-refractivity contribution in [3.05, 3.63) is 57.6 Å². The first-order valence-corrected chi connectivity index (χ1v) is 6.49. The van der Waals surface area contributed by atoms with E-state index in [-0.39, 0.29) is 6.42 Å². The SMILES string of the molecule is Fc1cc(F)cc(Cc2nc(Cl)c3c(n2)CCC3)c1. The molecule has 0 spiro atoms. The van der Waals surface area contributed by atoms with Crippen molar-refractivity contribution in [1.29, 1.82) is 0 Å². The summed E-state index contributed by atoms with van der Waals surface area (Å²) >= 11 is 6.10. The maximum atomic E-state index is 13.1. The second-order valence-corrected chi connectivity index (χ2v) is 5.02. The molecule has 1 aromatic carbocycles. The lowest BCUT2D eigenvalue weighted by atomic mass is 10.1. The summed E-state index contributed by atoms with van der Waals surface area (Å²) in [6, 6.07) is 3.42. The van der Waals surface area contributed by atoms with Crippen LogP contribution in [0.1, 0.15) is 29.1 Å². The molecule has 0 aliphatic heterocycles. The molecular weight excluding hydrogens is 270 g/mol. The molecule has 1 aliphatic carbocycles. The summed E-state index contributed by atoms with van der Waals surface area (Å²) in [7, 11) is 0. The van der Waals surface area contributed by atoms with Gasteiger partial charge in [-0.2, -0.15) is 0 Å². The topological polar surface area (TPSA) is 25.8 Å². The van der Waals surface area contributed by atoms with Crippen LogP contribution in [-0.4, -0.2) is 9.97 Å². The van der Waals surface area contributed by atoms with Gasteiger partial charge in [-0.3, -0.25) is 0 Å². The van der Waals surface area contributed by atoms with Crippen LogP contribution in [-0.2, 0) is 19.3 Å². The molecule has 0 saturated carbocycles. The molecule has 0 fully saturated rings. The third-order valence-electron chi connectivity index (χ3n) is 3.21. The quantitative estimate of drug-likeness (QED) is 0.787. The molecule has 0 unspecified atom stereocenters. The maximum absolute atomic E-state index is 13.1. The highest BCUT2D eigenvalue weighted by atomic mass is 35.5. The van der Waals surface area contributed by atoms with Gasteiger partial charge in [-0.15, -0.1) is 0 Å². The van der Waals surface area contributed by atoms with Crippen LogP contribution in [0, 0.1) is 11.6 Å². The van der Waals surface area contributed by atoms with E-state index in [0.29, 0.717) is 16.5 Å². The van der Waals surface area contributed by atoms with Gasteiger partial charge < -0.3 is 0 Å². The lowest BCUT2D eigenvalue weighted by Crippen LogP contribution is -2.02. The average molecular weight is 281 g/mol. The van der Waals surface area contributed by atoms with Gasteiger partial charge in [-0.25, -0.2) is 18.7 Å². The van der Waals surface area contributed by atoms with Crippen molar-refractivity contribution in [1.82, 2.24) is 9.97 Å². The molecule has 0 atom stereocenters. The highest BCUT2D eigenvalue weighted by molar-refractivity contribution is 6.30. The Bertz CT molecular complexity index is 623. The van der Waals surface area contributed by atoms with Crippen molar-refractivity contribution in [3.8, 4) is 0 Å². The van der Waals surface area contributed by atoms with Crippen LogP contribution in [0.25, 0.3) is 0 Å². The van der Waals surface area contributed by atoms with Crippen LogP contribution in [0.5, 0.6) is 0 Å². The number of fused-ring (bicyclic) bond motifs is 1. The summed E-state index contributed by atoms with van der Waals surface area (Å²) in [6.07, 6.45) is 3.11. The highest BCUT2D eigenvalue weighted by Gasteiger charge is 2.18. The lowest BCUT2D eigenvalue weighted by molar-refractivity contribution is 0.580. The molecule has 2 nitrogen and oxygen atoms in total. The van der Waals surface area contributed by atoms with Gasteiger partial charge in [0, 0.05) is 23.7 Å². The number of aromatic nitrogens is 2. The third-order valence-corrected chi connectivity index (χ3v) is 3.53. The number of hydrogen-bond acceptors (Lipinski definition) is 2. The normalized spacial score (nSPS) is 13.6. The van der Waals surface area contributed by atoms with E-state index in [1.165, 1.54) is 12.1 Å². The molecule has 0 bridgehead atoms. The number of benzene rings is 1. The number of nitrogens with zero attached hydrogens (tertiary/aromatic N) is 2.